The molecule has 1 fully saturated rings. The first-order chi connectivity index (χ1) is 9.81. The molecule has 1 saturated carbocycles. The highest BCUT2D eigenvalue weighted by Gasteiger charge is 2.23. The Labute approximate surface area is 122 Å². The molecule has 104 valence electrons. The second-order valence-electron chi connectivity index (χ2n) is 4.94. The van der Waals surface area contributed by atoms with Gasteiger partial charge >= 0.3 is 0 Å². The minimum atomic E-state index is 0.579. The van der Waals surface area contributed by atoms with Crippen LogP contribution < -0.4 is 9.47 Å². The first-order valence-corrected chi connectivity index (χ1v) is 7.53. The summed E-state index contributed by atoms with van der Waals surface area (Å²) >= 11 is 1.62. The van der Waals surface area contributed by atoms with E-state index >= 15 is 0 Å². The molecule has 0 saturated heterocycles. The monoisotopic (exact) mass is 288 g/mol. The summed E-state index contributed by atoms with van der Waals surface area (Å²) in [4.78, 5) is 12.4. The number of methoxy groups -OCH3 is 1. The van der Waals surface area contributed by atoms with E-state index in [2.05, 4.69) is 0 Å². The van der Waals surface area contributed by atoms with Crippen molar-refractivity contribution >= 4 is 17.6 Å². The molecule has 0 radical (unpaired) electrons. The number of carbonyl (C=O) groups is 1. The van der Waals surface area contributed by atoms with Crippen LogP contribution in [0.1, 0.15) is 23.2 Å². The molecule has 0 bridgehead atoms. The van der Waals surface area contributed by atoms with Gasteiger partial charge in [-0.2, -0.15) is 0 Å². The molecule has 2 aromatic rings. The summed E-state index contributed by atoms with van der Waals surface area (Å²) in [5.74, 6) is 2.00. The number of rotatable bonds is 6. The van der Waals surface area contributed by atoms with Crippen molar-refractivity contribution in [2.45, 2.75) is 12.8 Å². The highest BCUT2D eigenvalue weighted by molar-refractivity contribution is 7.13. The Kier molecular flexibility index (Phi) is 3.74. The van der Waals surface area contributed by atoms with E-state index in [9.17, 15) is 4.79 Å². The van der Waals surface area contributed by atoms with Crippen LogP contribution in [-0.4, -0.2) is 20.0 Å². The summed E-state index contributed by atoms with van der Waals surface area (Å²) in [5.41, 5.74) is 1.51. The van der Waals surface area contributed by atoms with Crippen LogP contribution in [-0.2, 0) is 0 Å². The normalized spacial score (nSPS) is 14.1. The van der Waals surface area contributed by atoms with E-state index in [0.29, 0.717) is 23.8 Å². The van der Waals surface area contributed by atoms with Crippen molar-refractivity contribution in [3.63, 3.8) is 0 Å². The summed E-state index contributed by atoms with van der Waals surface area (Å²) in [7, 11) is 1.64. The molecule has 0 amide bonds. The van der Waals surface area contributed by atoms with Crippen molar-refractivity contribution in [2.75, 3.05) is 13.7 Å². The summed E-state index contributed by atoms with van der Waals surface area (Å²) in [6.07, 6.45) is 3.29. The van der Waals surface area contributed by atoms with Gasteiger partial charge in [-0.15, -0.1) is 11.3 Å². The van der Waals surface area contributed by atoms with Crippen LogP contribution in [0, 0.1) is 5.92 Å². The standard InChI is InChI=1S/C16H16O3S/c1-18-15-8-14(19-10-11-4-5-11)12(9-17)7-13(15)16-3-2-6-20-16/h2-3,6-9,11H,4-5,10H2,1H3. The first kappa shape index (κ1) is 13.2. The predicted octanol–water partition coefficient (Wildman–Crippen LogP) is 4.03. The number of thiophene rings is 1. The molecule has 1 aliphatic rings. The molecule has 1 aromatic carbocycles. The van der Waals surface area contributed by atoms with Crippen molar-refractivity contribution in [3.8, 4) is 21.9 Å². The lowest BCUT2D eigenvalue weighted by Gasteiger charge is -2.13. The summed E-state index contributed by atoms with van der Waals surface area (Å²) < 4.78 is 11.2. The zero-order valence-corrected chi connectivity index (χ0v) is 12.1. The van der Waals surface area contributed by atoms with E-state index in [0.717, 1.165) is 22.5 Å². The Morgan fingerprint density at radius 2 is 2.20 bits per heavy atom. The molecule has 1 aliphatic carbocycles. The quantitative estimate of drug-likeness (QED) is 0.753. The Morgan fingerprint density at radius 1 is 1.35 bits per heavy atom. The second kappa shape index (κ2) is 5.67. The highest BCUT2D eigenvalue weighted by atomic mass is 32.1. The molecule has 1 heterocycles. The van der Waals surface area contributed by atoms with Crippen molar-refractivity contribution in [3.05, 3.63) is 35.2 Å². The van der Waals surface area contributed by atoms with Gasteiger partial charge in [-0.25, -0.2) is 0 Å². The van der Waals surface area contributed by atoms with Gasteiger partial charge in [0.25, 0.3) is 0 Å². The molecular formula is C16H16O3S. The molecule has 0 N–H and O–H groups in total. The third-order valence-corrected chi connectivity index (χ3v) is 4.32. The van der Waals surface area contributed by atoms with Crippen LogP contribution in [0.4, 0.5) is 0 Å². The van der Waals surface area contributed by atoms with Gasteiger partial charge in [-0.1, -0.05) is 6.07 Å². The van der Waals surface area contributed by atoms with Crippen LogP contribution >= 0.6 is 11.3 Å². The predicted molar refractivity (Wildman–Crippen MR) is 79.9 cm³/mol. The lowest BCUT2D eigenvalue weighted by atomic mass is 10.1. The average molecular weight is 288 g/mol. The highest BCUT2D eigenvalue weighted by Crippen LogP contribution is 2.38. The number of benzene rings is 1. The lowest BCUT2D eigenvalue weighted by molar-refractivity contribution is 0.111. The smallest absolute Gasteiger partial charge is 0.153 e. The number of hydrogen-bond donors (Lipinski definition) is 0. The molecule has 0 unspecified atom stereocenters. The lowest BCUT2D eigenvalue weighted by Crippen LogP contribution is -2.02. The van der Waals surface area contributed by atoms with Crippen LogP contribution in [0.25, 0.3) is 10.4 Å². The van der Waals surface area contributed by atoms with Crippen molar-refractivity contribution in [1.29, 1.82) is 0 Å². The van der Waals surface area contributed by atoms with E-state index in [4.69, 9.17) is 9.47 Å². The van der Waals surface area contributed by atoms with E-state index in [-0.39, 0.29) is 0 Å². The molecule has 0 atom stereocenters. The Hall–Kier alpha value is -1.81. The number of carbonyl (C=O) groups excluding carboxylic acids is 1. The number of aldehydes is 1. The van der Waals surface area contributed by atoms with E-state index < -0.39 is 0 Å². The van der Waals surface area contributed by atoms with Gasteiger partial charge in [0.05, 0.1) is 19.3 Å². The minimum absolute atomic E-state index is 0.579. The second-order valence-corrected chi connectivity index (χ2v) is 5.89. The van der Waals surface area contributed by atoms with Crippen molar-refractivity contribution in [1.82, 2.24) is 0 Å². The van der Waals surface area contributed by atoms with E-state index in [1.165, 1.54) is 12.8 Å². The SMILES string of the molecule is COc1cc(OCC2CC2)c(C=O)cc1-c1cccs1. The minimum Gasteiger partial charge on any atom is -0.496 e. The number of hydrogen-bond acceptors (Lipinski definition) is 4. The van der Waals surface area contributed by atoms with Gasteiger partial charge in [-0.3, -0.25) is 4.79 Å². The molecular weight excluding hydrogens is 272 g/mol. The topological polar surface area (TPSA) is 35.5 Å². The Bertz CT molecular complexity index is 600. The van der Waals surface area contributed by atoms with Crippen molar-refractivity contribution < 1.29 is 14.3 Å². The Morgan fingerprint density at radius 3 is 2.80 bits per heavy atom. The van der Waals surface area contributed by atoms with Gasteiger partial charge in [0.15, 0.2) is 6.29 Å². The molecule has 0 spiro atoms. The Balaban J connectivity index is 1.96. The van der Waals surface area contributed by atoms with Gasteiger partial charge < -0.3 is 9.47 Å². The van der Waals surface area contributed by atoms with Gasteiger partial charge in [0.1, 0.15) is 11.5 Å². The average Bonchev–Trinajstić information content (AvgIpc) is 3.16. The van der Waals surface area contributed by atoms with Crippen LogP contribution in [0.2, 0.25) is 0 Å². The van der Waals surface area contributed by atoms with Gasteiger partial charge in [0.2, 0.25) is 0 Å². The first-order valence-electron chi connectivity index (χ1n) is 6.65. The molecule has 4 heteroatoms. The molecule has 1 aromatic heterocycles. The maximum atomic E-state index is 11.3. The molecule has 3 rings (SSSR count). The fourth-order valence-corrected chi connectivity index (χ4v) is 2.83. The summed E-state index contributed by atoms with van der Waals surface area (Å²) in [6.45, 7) is 0.683. The van der Waals surface area contributed by atoms with Gasteiger partial charge in [0, 0.05) is 16.5 Å². The third-order valence-electron chi connectivity index (χ3n) is 3.42. The third kappa shape index (κ3) is 2.70. The van der Waals surface area contributed by atoms with Crippen LogP contribution in [0.3, 0.4) is 0 Å². The van der Waals surface area contributed by atoms with E-state index in [1.54, 1.807) is 18.4 Å². The maximum Gasteiger partial charge on any atom is 0.153 e. The maximum absolute atomic E-state index is 11.3. The summed E-state index contributed by atoms with van der Waals surface area (Å²) in [6, 6.07) is 7.67. The van der Waals surface area contributed by atoms with E-state index in [1.807, 2.05) is 29.6 Å². The fraction of sp³-hybridized carbons (Fsp3) is 0.312. The van der Waals surface area contributed by atoms with Crippen LogP contribution in [0.15, 0.2) is 29.6 Å². The summed E-state index contributed by atoms with van der Waals surface area (Å²) in [5, 5.41) is 2.01. The van der Waals surface area contributed by atoms with Crippen LogP contribution in [0.5, 0.6) is 11.5 Å². The van der Waals surface area contributed by atoms with Gasteiger partial charge in [-0.05, 0) is 36.3 Å². The zero-order valence-electron chi connectivity index (χ0n) is 11.3. The molecule has 0 aliphatic heterocycles. The number of ether oxygens (including phenoxy) is 2. The largest absolute Gasteiger partial charge is 0.496 e. The zero-order chi connectivity index (χ0) is 13.9. The fourth-order valence-electron chi connectivity index (χ4n) is 2.08. The molecule has 3 nitrogen and oxygen atoms in total. The van der Waals surface area contributed by atoms with Crippen molar-refractivity contribution in [2.24, 2.45) is 5.92 Å². The molecule has 20 heavy (non-hydrogen) atoms.